The molecule has 2 nitrogen and oxygen atoms in total. The quantitative estimate of drug-likeness (QED) is 0.564. The minimum Gasteiger partial charge on any atom is -0.319 e. The van der Waals surface area contributed by atoms with Gasteiger partial charge in [-0.25, -0.2) is 0 Å². The van der Waals surface area contributed by atoms with Gasteiger partial charge in [0.2, 0.25) is 0 Å². The lowest BCUT2D eigenvalue weighted by Gasteiger charge is -2.14. The molecule has 1 aliphatic rings. The summed E-state index contributed by atoms with van der Waals surface area (Å²) in [5.74, 6) is 0. The number of hydrogen-bond donors (Lipinski definition) is 2. The van der Waals surface area contributed by atoms with Crippen LogP contribution in [0.2, 0.25) is 0 Å². The van der Waals surface area contributed by atoms with Crippen LogP contribution < -0.4 is 10.6 Å². The van der Waals surface area contributed by atoms with Gasteiger partial charge in [0.05, 0.1) is 0 Å². The van der Waals surface area contributed by atoms with Gasteiger partial charge < -0.3 is 10.6 Å². The molecular weight excluding hydrogens is 148 g/mol. The van der Waals surface area contributed by atoms with Crippen LogP contribution in [-0.4, -0.2) is 26.7 Å². The lowest BCUT2D eigenvalue weighted by Crippen LogP contribution is -2.31. The monoisotopic (exact) mass is 170 g/mol. The zero-order chi connectivity index (χ0) is 8.86. The maximum absolute atomic E-state index is 3.53. The van der Waals surface area contributed by atoms with E-state index in [0.29, 0.717) is 5.41 Å². The van der Waals surface area contributed by atoms with Gasteiger partial charge in [0.1, 0.15) is 0 Å². The Hall–Kier alpha value is -0.0800. The third-order valence-electron chi connectivity index (χ3n) is 2.72. The topological polar surface area (TPSA) is 24.1 Å². The highest BCUT2D eigenvalue weighted by Gasteiger charge is 2.40. The Morgan fingerprint density at radius 1 is 1.25 bits per heavy atom. The first kappa shape index (κ1) is 10.0. The van der Waals surface area contributed by atoms with Crippen molar-refractivity contribution in [2.24, 2.45) is 5.41 Å². The van der Waals surface area contributed by atoms with Crippen molar-refractivity contribution in [1.82, 2.24) is 10.6 Å². The molecule has 2 N–H and O–H groups in total. The van der Waals surface area contributed by atoms with Crippen molar-refractivity contribution < 1.29 is 0 Å². The van der Waals surface area contributed by atoms with Gasteiger partial charge in [-0.2, -0.15) is 0 Å². The molecule has 0 aromatic carbocycles. The van der Waals surface area contributed by atoms with Crippen LogP contribution in [0.4, 0.5) is 0 Å². The molecule has 1 fully saturated rings. The third-order valence-corrected chi connectivity index (χ3v) is 2.72. The number of rotatable bonds is 7. The van der Waals surface area contributed by atoms with Gasteiger partial charge in [-0.1, -0.05) is 13.3 Å². The molecule has 0 aromatic heterocycles. The Balaban J connectivity index is 1.98. The molecule has 0 saturated heterocycles. The third kappa shape index (κ3) is 3.11. The van der Waals surface area contributed by atoms with Crippen LogP contribution in [0.1, 0.15) is 32.6 Å². The molecule has 0 spiro atoms. The highest BCUT2D eigenvalue weighted by atomic mass is 14.9. The van der Waals surface area contributed by atoms with Gasteiger partial charge in [0, 0.05) is 13.1 Å². The van der Waals surface area contributed by atoms with Gasteiger partial charge in [-0.15, -0.1) is 0 Å². The van der Waals surface area contributed by atoms with E-state index in [2.05, 4.69) is 17.6 Å². The smallest absolute Gasteiger partial charge is 0.00200 e. The fourth-order valence-corrected chi connectivity index (χ4v) is 1.62. The zero-order valence-corrected chi connectivity index (χ0v) is 8.45. The van der Waals surface area contributed by atoms with Crippen molar-refractivity contribution in [2.45, 2.75) is 32.6 Å². The van der Waals surface area contributed by atoms with Crippen molar-refractivity contribution in [3.63, 3.8) is 0 Å². The minimum atomic E-state index is 0.627. The Morgan fingerprint density at radius 3 is 2.50 bits per heavy atom. The van der Waals surface area contributed by atoms with E-state index in [0.717, 1.165) is 0 Å². The molecule has 0 amide bonds. The fourth-order valence-electron chi connectivity index (χ4n) is 1.62. The summed E-state index contributed by atoms with van der Waals surface area (Å²) in [7, 11) is 2.05. The summed E-state index contributed by atoms with van der Waals surface area (Å²) in [6, 6.07) is 0. The standard InChI is InChI=1S/C10H22N2/c1-3-4-7-12-9-10(5-6-10)8-11-2/h11-12H,3-9H2,1-2H3. The summed E-state index contributed by atoms with van der Waals surface area (Å²) in [6.45, 7) is 5.84. The van der Waals surface area contributed by atoms with Gasteiger partial charge in [-0.05, 0) is 38.3 Å². The normalized spacial score (nSPS) is 19.5. The largest absolute Gasteiger partial charge is 0.319 e. The van der Waals surface area contributed by atoms with E-state index < -0.39 is 0 Å². The van der Waals surface area contributed by atoms with E-state index in [-0.39, 0.29) is 0 Å². The predicted molar refractivity (Wildman–Crippen MR) is 53.4 cm³/mol. The van der Waals surface area contributed by atoms with Crippen molar-refractivity contribution in [1.29, 1.82) is 0 Å². The Morgan fingerprint density at radius 2 is 2.00 bits per heavy atom. The van der Waals surface area contributed by atoms with Crippen LogP contribution in [0.25, 0.3) is 0 Å². The zero-order valence-electron chi connectivity index (χ0n) is 8.45. The van der Waals surface area contributed by atoms with Gasteiger partial charge >= 0.3 is 0 Å². The molecular formula is C10H22N2. The van der Waals surface area contributed by atoms with E-state index in [1.165, 1.54) is 45.3 Å². The Kier molecular flexibility index (Phi) is 4.02. The maximum atomic E-state index is 3.53. The van der Waals surface area contributed by atoms with E-state index in [9.17, 15) is 0 Å². The predicted octanol–water partition coefficient (Wildman–Crippen LogP) is 1.38. The first-order valence-electron chi connectivity index (χ1n) is 5.18. The summed E-state index contributed by atoms with van der Waals surface area (Å²) in [6.07, 6.45) is 5.43. The lowest BCUT2D eigenvalue weighted by atomic mass is 10.1. The molecule has 0 aliphatic heterocycles. The summed E-state index contributed by atoms with van der Waals surface area (Å²) in [5, 5.41) is 6.81. The summed E-state index contributed by atoms with van der Waals surface area (Å²) in [5.41, 5.74) is 0.627. The van der Waals surface area contributed by atoms with Crippen LogP contribution >= 0.6 is 0 Å². The van der Waals surface area contributed by atoms with Crippen molar-refractivity contribution in [3.05, 3.63) is 0 Å². The molecule has 1 aliphatic carbocycles. The number of nitrogens with one attached hydrogen (secondary N) is 2. The van der Waals surface area contributed by atoms with E-state index >= 15 is 0 Å². The second-order valence-corrected chi connectivity index (χ2v) is 4.06. The molecule has 1 saturated carbocycles. The molecule has 72 valence electrons. The number of unbranched alkanes of at least 4 members (excludes halogenated alkanes) is 1. The molecule has 2 heteroatoms. The Bertz CT molecular complexity index is 119. The fraction of sp³-hybridized carbons (Fsp3) is 1.00. The molecule has 0 bridgehead atoms. The van der Waals surface area contributed by atoms with Crippen LogP contribution in [0.3, 0.4) is 0 Å². The first-order chi connectivity index (χ1) is 5.83. The molecule has 0 atom stereocenters. The highest BCUT2D eigenvalue weighted by molar-refractivity contribution is 4.96. The van der Waals surface area contributed by atoms with Crippen molar-refractivity contribution in [3.8, 4) is 0 Å². The maximum Gasteiger partial charge on any atom is 0.00200 e. The second kappa shape index (κ2) is 4.83. The summed E-state index contributed by atoms with van der Waals surface area (Å²) in [4.78, 5) is 0. The van der Waals surface area contributed by atoms with E-state index in [4.69, 9.17) is 0 Å². The lowest BCUT2D eigenvalue weighted by molar-refractivity contribution is 0.436. The molecule has 0 unspecified atom stereocenters. The number of hydrogen-bond acceptors (Lipinski definition) is 2. The van der Waals surface area contributed by atoms with Crippen LogP contribution in [-0.2, 0) is 0 Å². The average molecular weight is 170 g/mol. The van der Waals surface area contributed by atoms with Crippen LogP contribution in [0.15, 0.2) is 0 Å². The molecule has 0 aromatic rings. The summed E-state index contributed by atoms with van der Waals surface area (Å²) >= 11 is 0. The second-order valence-electron chi connectivity index (χ2n) is 4.06. The summed E-state index contributed by atoms with van der Waals surface area (Å²) < 4.78 is 0. The minimum absolute atomic E-state index is 0.627. The SMILES string of the molecule is CCCCNCC1(CNC)CC1. The van der Waals surface area contributed by atoms with E-state index in [1.54, 1.807) is 0 Å². The molecule has 12 heavy (non-hydrogen) atoms. The van der Waals surface area contributed by atoms with Crippen LogP contribution in [0.5, 0.6) is 0 Å². The molecule has 0 radical (unpaired) electrons. The Labute approximate surface area is 76.1 Å². The van der Waals surface area contributed by atoms with Gasteiger partial charge in [0.25, 0.3) is 0 Å². The van der Waals surface area contributed by atoms with E-state index in [1.807, 2.05) is 7.05 Å². The van der Waals surface area contributed by atoms with Crippen LogP contribution in [0, 0.1) is 5.41 Å². The molecule has 1 rings (SSSR count). The van der Waals surface area contributed by atoms with Gasteiger partial charge in [0.15, 0.2) is 0 Å². The van der Waals surface area contributed by atoms with Gasteiger partial charge in [-0.3, -0.25) is 0 Å². The van der Waals surface area contributed by atoms with Crippen molar-refractivity contribution in [2.75, 3.05) is 26.7 Å². The first-order valence-corrected chi connectivity index (χ1v) is 5.18. The highest BCUT2D eigenvalue weighted by Crippen LogP contribution is 2.44. The molecule has 0 heterocycles. The average Bonchev–Trinajstić information content (AvgIpc) is 2.81. The van der Waals surface area contributed by atoms with Crippen molar-refractivity contribution >= 4 is 0 Å².